The zero-order valence-electron chi connectivity index (χ0n) is 11.0. The highest BCUT2D eigenvalue weighted by molar-refractivity contribution is 6.11. The normalized spacial score (nSPS) is 9.90. The maximum atomic E-state index is 11.9. The average Bonchev–Trinajstić information content (AvgIpc) is 2.48. The van der Waals surface area contributed by atoms with E-state index in [1.54, 1.807) is 30.3 Å². The van der Waals surface area contributed by atoms with Crippen molar-refractivity contribution in [1.29, 1.82) is 0 Å². The van der Waals surface area contributed by atoms with Gasteiger partial charge in [0.05, 0.1) is 11.3 Å². The fourth-order valence-electron chi connectivity index (χ4n) is 1.77. The fourth-order valence-corrected chi connectivity index (χ4v) is 1.77. The summed E-state index contributed by atoms with van der Waals surface area (Å²) in [5.41, 5.74) is 0.615. The molecule has 0 atom stereocenters. The van der Waals surface area contributed by atoms with Crippen molar-refractivity contribution in [2.45, 2.75) is 6.42 Å². The van der Waals surface area contributed by atoms with Crippen molar-refractivity contribution in [3.63, 3.8) is 0 Å². The minimum Gasteiger partial charge on any atom is -0.325 e. The molecule has 0 bridgehead atoms. The predicted molar refractivity (Wildman–Crippen MR) is 77.1 cm³/mol. The lowest BCUT2D eigenvalue weighted by molar-refractivity contribution is -0.384. The molecule has 1 amide bonds. The molecule has 0 aliphatic rings. The Morgan fingerprint density at radius 2 is 1.76 bits per heavy atom. The Morgan fingerprint density at radius 1 is 1.05 bits per heavy atom. The first-order valence-corrected chi connectivity index (χ1v) is 6.19. The van der Waals surface area contributed by atoms with E-state index in [0.29, 0.717) is 5.56 Å². The van der Waals surface area contributed by atoms with Gasteiger partial charge >= 0.3 is 0 Å². The van der Waals surface area contributed by atoms with Gasteiger partial charge in [-0.25, -0.2) is 0 Å². The number of non-ortho nitro benzene ring substituents is 1. The molecule has 2 rings (SSSR count). The molecule has 2 aromatic carbocycles. The van der Waals surface area contributed by atoms with E-state index in [1.165, 1.54) is 24.3 Å². The second-order valence-corrected chi connectivity index (χ2v) is 4.32. The van der Waals surface area contributed by atoms with Crippen LogP contribution in [0.3, 0.4) is 0 Å². The van der Waals surface area contributed by atoms with E-state index in [-0.39, 0.29) is 23.6 Å². The molecule has 0 aromatic heterocycles. The zero-order valence-corrected chi connectivity index (χ0v) is 11.0. The van der Waals surface area contributed by atoms with Gasteiger partial charge in [0.2, 0.25) is 5.91 Å². The Kier molecular flexibility index (Phi) is 4.40. The molecular weight excluding hydrogens is 272 g/mol. The van der Waals surface area contributed by atoms with Gasteiger partial charge in [-0.3, -0.25) is 19.7 Å². The third kappa shape index (κ3) is 3.97. The molecule has 0 radical (unpaired) electrons. The van der Waals surface area contributed by atoms with Gasteiger partial charge in [-0.05, 0) is 6.07 Å². The van der Waals surface area contributed by atoms with Crippen LogP contribution in [-0.4, -0.2) is 16.6 Å². The van der Waals surface area contributed by atoms with Gasteiger partial charge in [0.15, 0.2) is 5.78 Å². The van der Waals surface area contributed by atoms with Gasteiger partial charge in [0, 0.05) is 23.4 Å². The number of hydrogen-bond donors (Lipinski definition) is 1. The number of nitro groups is 1. The van der Waals surface area contributed by atoms with Crippen molar-refractivity contribution < 1.29 is 14.5 Å². The predicted octanol–water partition coefficient (Wildman–Crippen LogP) is 2.81. The Hall–Kier alpha value is -3.02. The molecule has 0 aliphatic carbocycles. The highest BCUT2D eigenvalue weighted by Crippen LogP contribution is 2.17. The third-order valence-corrected chi connectivity index (χ3v) is 2.76. The van der Waals surface area contributed by atoms with E-state index in [2.05, 4.69) is 5.32 Å². The molecule has 1 N–H and O–H groups in total. The van der Waals surface area contributed by atoms with E-state index in [1.807, 2.05) is 0 Å². The molecule has 0 heterocycles. The molecule has 6 heteroatoms. The largest absolute Gasteiger partial charge is 0.325 e. The molecule has 0 saturated carbocycles. The molecule has 2 aromatic rings. The summed E-state index contributed by atoms with van der Waals surface area (Å²) in [6.07, 6.45) is -0.313. The van der Waals surface area contributed by atoms with Crippen LogP contribution in [0.5, 0.6) is 0 Å². The van der Waals surface area contributed by atoms with Crippen molar-refractivity contribution in [3.8, 4) is 0 Å². The minimum absolute atomic E-state index is 0.123. The minimum atomic E-state index is -0.551. The second-order valence-electron chi connectivity index (χ2n) is 4.32. The number of Topliss-reactive ketones (excluding diaryl/α,β-unsaturated/α-hetero) is 1. The number of carbonyl (C=O) groups is 2. The van der Waals surface area contributed by atoms with Crippen molar-refractivity contribution in [2.24, 2.45) is 0 Å². The number of hydrogen-bond acceptors (Lipinski definition) is 4. The van der Waals surface area contributed by atoms with Crippen LogP contribution in [0, 0.1) is 10.1 Å². The lowest BCUT2D eigenvalue weighted by Gasteiger charge is -2.04. The highest BCUT2D eigenvalue weighted by Gasteiger charge is 2.13. The van der Waals surface area contributed by atoms with E-state index in [9.17, 15) is 19.7 Å². The molecule has 0 unspecified atom stereocenters. The molecule has 0 spiro atoms. The number of ketones is 1. The van der Waals surface area contributed by atoms with E-state index in [0.717, 1.165) is 0 Å². The molecule has 106 valence electrons. The summed E-state index contributed by atoms with van der Waals surface area (Å²) in [6.45, 7) is 0. The highest BCUT2D eigenvalue weighted by atomic mass is 16.6. The molecule has 21 heavy (non-hydrogen) atoms. The van der Waals surface area contributed by atoms with Crippen LogP contribution in [0.25, 0.3) is 0 Å². The Balaban J connectivity index is 2.00. The Bertz CT molecular complexity index is 683. The SMILES string of the molecule is O=C(CC(=O)c1ccccc1)Nc1cccc([N+](=O)[O-])c1. The van der Waals surface area contributed by atoms with Crippen LogP contribution < -0.4 is 5.32 Å². The molecule has 6 nitrogen and oxygen atoms in total. The van der Waals surface area contributed by atoms with Crippen molar-refractivity contribution in [3.05, 3.63) is 70.3 Å². The molecule has 0 saturated heterocycles. The number of benzene rings is 2. The van der Waals surface area contributed by atoms with Crippen LogP contribution in [0.2, 0.25) is 0 Å². The topological polar surface area (TPSA) is 89.3 Å². The lowest BCUT2D eigenvalue weighted by atomic mass is 10.1. The van der Waals surface area contributed by atoms with Gasteiger partial charge in [-0.2, -0.15) is 0 Å². The van der Waals surface area contributed by atoms with Crippen LogP contribution in [0.1, 0.15) is 16.8 Å². The van der Waals surface area contributed by atoms with Gasteiger partial charge in [-0.15, -0.1) is 0 Å². The standard InChI is InChI=1S/C15H12N2O4/c18-14(11-5-2-1-3-6-11)10-15(19)16-12-7-4-8-13(9-12)17(20)21/h1-9H,10H2,(H,16,19). The summed E-state index contributed by atoms with van der Waals surface area (Å²) in [5, 5.41) is 13.1. The van der Waals surface area contributed by atoms with Crippen LogP contribution in [0.15, 0.2) is 54.6 Å². The number of nitro benzene ring substituents is 1. The van der Waals surface area contributed by atoms with Crippen molar-refractivity contribution >= 4 is 23.1 Å². The third-order valence-electron chi connectivity index (χ3n) is 2.76. The maximum absolute atomic E-state index is 11.9. The smallest absolute Gasteiger partial charge is 0.271 e. The number of amides is 1. The van der Waals surface area contributed by atoms with E-state index < -0.39 is 10.8 Å². The second kappa shape index (κ2) is 6.42. The van der Waals surface area contributed by atoms with Crippen LogP contribution >= 0.6 is 0 Å². The Labute approximate surface area is 120 Å². The lowest BCUT2D eigenvalue weighted by Crippen LogP contribution is -2.16. The summed E-state index contributed by atoms with van der Waals surface area (Å²) in [7, 11) is 0. The maximum Gasteiger partial charge on any atom is 0.271 e. The summed E-state index contributed by atoms with van der Waals surface area (Å²) in [5.74, 6) is -0.817. The average molecular weight is 284 g/mol. The van der Waals surface area contributed by atoms with Crippen molar-refractivity contribution in [1.82, 2.24) is 0 Å². The first-order chi connectivity index (χ1) is 10.1. The van der Waals surface area contributed by atoms with E-state index in [4.69, 9.17) is 0 Å². The summed E-state index contributed by atoms with van der Waals surface area (Å²) in [4.78, 5) is 33.7. The van der Waals surface area contributed by atoms with Gasteiger partial charge in [-0.1, -0.05) is 36.4 Å². The number of carbonyl (C=O) groups excluding carboxylic acids is 2. The summed E-state index contributed by atoms with van der Waals surface area (Å²) in [6, 6.07) is 14.0. The van der Waals surface area contributed by atoms with Crippen LogP contribution in [-0.2, 0) is 4.79 Å². The fraction of sp³-hybridized carbons (Fsp3) is 0.0667. The number of anilines is 1. The van der Waals surface area contributed by atoms with E-state index >= 15 is 0 Å². The molecule has 0 aliphatic heterocycles. The zero-order chi connectivity index (χ0) is 15.2. The summed E-state index contributed by atoms with van der Waals surface area (Å²) < 4.78 is 0. The monoisotopic (exact) mass is 284 g/mol. The summed E-state index contributed by atoms with van der Waals surface area (Å²) >= 11 is 0. The van der Waals surface area contributed by atoms with Crippen molar-refractivity contribution in [2.75, 3.05) is 5.32 Å². The Morgan fingerprint density at radius 3 is 2.43 bits per heavy atom. The van der Waals surface area contributed by atoms with Crippen LogP contribution in [0.4, 0.5) is 11.4 Å². The number of rotatable bonds is 5. The van der Waals surface area contributed by atoms with Gasteiger partial charge in [0.25, 0.3) is 5.69 Å². The first-order valence-electron chi connectivity index (χ1n) is 6.19. The van der Waals surface area contributed by atoms with Gasteiger partial charge < -0.3 is 5.32 Å². The molecule has 0 fully saturated rings. The molecular formula is C15H12N2O4. The number of nitrogens with one attached hydrogen (secondary N) is 1. The number of nitrogens with zero attached hydrogens (tertiary/aromatic N) is 1. The first kappa shape index (κ1) is 14.4. The van der Waals surface area contributed by atoms with Gasteiger partial charge in [0.1, 0.15) is 0 Å². The quantitative estimate of drug-likeness (QED) is 0.395.